The predicted molar refractivity (Wildman–Crippen MR) is 130 cm³/mol. The number of carbonyl (C=O) groups is 3. The third kappa shape index (κ3) is 5.24. The lowest BCUT2D eigenvalue weighted by atomic mass is 9.85. The first kappa shape index (κ1) is 25.3. The lowest BCUT2D eigenvalue weighted by Crippen LogP contribution is -2.53. The van der Waals surface area contributed by atoms with Gasteiger partial charge in [-0.1, -0.05) is 75.7 Å². The molecule has 0 spiro atoms. The van der Waals surface area contributed by atoms with E-state index in [9.17, 15) is 19.5 Å². The maximum Gasteiger partial charge on any atom is 0.407 e. The smallest absolute Gasteiger partial charge is 0.407 e. The number of rotatable bonds is 10. The van der Waals surface area contributed by atoms with Crippen molar-refractivity contribution in [2.24, 2.45) is 11.3 Å². The Hall–Kier alpha value is -3.35. The summed E-state index contributed by atoms with van der Waals surface area (Å²) in [6, 6.07) is 15.2. The van der Waals surface area contributed by atoms with Gasteiger partial charge in [0.2, 0.25) is 5.91 Å². The van der Waals surface area contributed by atoms with E-state index in [4.69, 9.17) is 4.74 Å². The van der Waals surface area contributed by atoms with Crippen molar-refractivity contribution in [3.63, 3.8) is 0 Å². The number of amides is 2. The molecule has 2 aromatic rings. The van der Waals surface area contributed by atoms with Crippen LogP contribution in [0.4, 0.5) is 4.79 Å². The average molecular weight is 467 g/mol. The van der Waals surface area contributed by atoms with E-state index in [1.165, 1.54) is 0 Å². The van der Waals surface area contributed by atoms with Crippen LogP contribution in [0.25, 0.3) is 11.1 Å². The van der Waals surface area contributed by atoms with Gasteiger partial charge >= 0.3 is 12.1 Å². The minimum atomic E-state index is -1.06. The highest BCUT2D eigenvalue weighted by molar-refractivity contribution is 5.88. The number of alkyl carbamates (subject to hydrolysis) is 1. The molecule has 0 heterocycles. The zero-order valence-electron chi connectivity index (χ0n) is 20.3. The predicted octanol–water partition coefficient (Wildman–Crippen LogP) is 4.56. The second-order valence-corrected chi connectivity index (χ2v) is 9.27. The summed E-state index contributed by atoms with van der Waals surface area (Å²) in [5.41, 5.74) is 3.58. The van der Waals surface area contributed by atoms with Crippen LogP contribution in [0.15, 0.2) is 48.5 Å². The Morgan fingerprint density at radius 2 is 1.59 bits per heavy atom. The lowest BCUT2D eigenvalue weighted by molar-refractivity contribution is -0.145. The Balaban J connectivity index is 1.61. The summed E-state index contributed by atoms with van der Waals surface area (Å²) in [7, 11) is 0. The molecule has 1 aliphatic carbocycles. The molecule has 3 atom stereocenters. The number of nitrogens with one attached hydrogen (secondary N) is 2. The van der Waals surface area contributed by atoms with E-state index in [1.807, 2.05) is 38.1 Å². The fourth-order valence-corrected chi connectivity index (χ4v) is 4.28. The van der Waals surface area contributed by atoms with Gasteiger partial charge in [-0.15, -0.1) is 0 Å². The number of fused-ring (bicyclic) bond motifs is 3. The molecular formula is C27H34N2O5. The van der Waals surface area contributed by atoms with Crippen molar-refractivity contribution in [3.8, 4) is 11.1 Å². The molecule has 3 N–H and O–H groups in total. The second kappa shape index (κ2) is 10.7. The highest BCUT2D eigenvalue weighted by Gasteiger charge is 2.36. The number of carbonyl (C=O) groups excluding carboxylic acids is 2. The van der Waals surface area contributed by atoms with Crippen LogP contribution < -0.4 is 10.6 Å². The van der Waals surface area contributed by atoms with Gasteiger partial charge in [0, 0.05) is 12.5 Å². The van der Waals surface area contributed by atoms with Crippen molar-refractivity contribution < 1.29 is 24.2 Å². The lowest BCUT2D eigenvalue weighted by Gasteiger charge is -2.30. The Morgan fingerprint density at radius 3 is 2.09 bits per heavy atom. The number of aliphatic carboxylic acids is 1. The van der Waals surface area contributed by atoms with E-state index in [2.05, 4.69) is 34.9 Å². The number of hydrogen-bond donors (Lipinski definition) is 3. The van der Waals surface area contributed by atoms with Gasteiger partial charge in [-0.25, -0.2) is 9.59 Å². The van der Waals surface area contributed by atoms with Gasteiger partial charge in [0.25, 0.3) is 0 Å². The van der Waals surface area contributed by atoms with Crippen molar-refractivity contribution in [1.29, 1.82) is 0 Å². The summed E-state index contributed by atoms with van der Waals surface area (Å²) in [6.45, 7) is 7.43. The summed E-state index contributed by atoms with van der Waals surface area (Å²) in [5.74, 6) is -1.73. The molecule has 182 valence electrons. The van der Waals surface area contributed by atoms with Crippen LogP contribution in [0, 0.1) is 11.3 Å². The Morgan fingerprint density at radius 1 is 1.03 bits per heavy atom. The number of carboxylic acids is 1. The maximum atomic E-state index is 12.9. The summed E-state index contributed by atoms with van der Waals surface area (Å²) in [5, 5.41) is 14.8. The van der Waals surface area contributed by atoms with Crippen LogP contribution in [-0.2, 0) is 14.3 Å². The highest BCUT2D eigenvalue weighted by atomic mass is 16.5. The molecule has 2 amide bonds. The standard InChI is InChI=1S/C27H34N2O5/c1-5-17(3)23(24(30)31)29-25(32)27(4,6-2)16-28-26(33)34-15-22-20-13-9-7-11-18(20)19-12-8-10-14-21(19)22/h7-14,17,22-23H,5-6,15-16H2,1-4H3,(H,28,33)(H,29,32)(H,30,31)/t17-,23-,27?/m0/s1. The molecule has 0 saturated heterocycles. The summed E-state index contributed by atoms with van der Waals surface area (Å²) in [6.07, 6.45) is 0.444. The SMILES string of the molecule is CC[C@H](C)[C@H](NC(=O)C(C)(CC)CNC(=O)OCC1c2ccccc2-c2ccccc21)C(=O)O. The molecule has 0 aliphatic heterocycles. The first-order valence-corrected chi connectivity index (χ1v) is 11.8. The minimum Gasteiger partial charge on any atom is -0.480 e. The van der Waals surface area contributed by atoms with E-state index in [0.29, 0.717) is 12.8 Å². The molecular weight excluding hydrogens is 432 g/mol. The van der Waals surface area contributed by atoms with Crippen molar-refractivity contribution in [1.82, 2.24) is 10.6 Å². The van der Waals surface area contributed by atoms with Crippen LogP contribution in [0.5, 0.6) is 0 Å². The first-order valence-electron chi connectivity index (χ1n) is 11.8. The third-order valence-corrected chi connectivity index (χ3v) is 7.06. The number of benzene rings is 2. The van der Waals surface area contributed by atoms with E-state index >= 15 is 0 Å². The van der Waals surface area contributed by atoms with Gasteiger partial charge < -0.3 is 20.5 Å². The molecule has 0 saturated carbocycles. The number of carboxylic acid groups (broad SMARTS) is 1. The van der Waals surface area contributed by atoms with Crippen LogP contribution in [0.2, 0.25) is 0 Å². The topological polar surface area (TPSA) is 105 Å². The molecule has 34 heavy (non-hydrogen) atoms. The van der Waals surface area contributed by atoms with Crippen molar-refractivity contribution in [2.75, 3.05) is 13.2 Å². The normalized spacial score (nSPS) is 15.9. The van der Waals surface area contributed by atoms with E-state index in [1.54, 1.807) is 13.8 Å². The first-order chi connectivity index (χ1) is 16.2. The molecule has 7 nitrogen and oxygen atoms in total. The second-order valence-electron chi connectivity index (χ2n) is 9.27. The van der Waals surface area contributed by atoms with Crippen LogP contribution >= 0.6 is 0 Å². The molecule has 7 heteroatoms. The highest BCUT2D eigenvalue weighted by Crippen LogP contribution is 2.44. The summed E-state index contributed by atoms with van der Waals surface area (Å²) >= 11 is 0. The van der Waals surface area contributed by atoms with Crippen LogP contribution in [-0.4, -0.2) is 42.3 Å². The maximum absolute atomic E-state index is 12.9. The zero-order chi connectivity index (χ0) is 24.9. The van der Waals surface area contributed by atoms with Gasteiger partial charge in [-0.2, -0.15) is 0 Å². The average Bonchev–Trinajstić information content (AvgIpc) is 3.17. The minimum absolute atomic E-state index is 0.0405. The monoisotopic (exact) mass is 466 g/mol. The summed E-state index contributed by atoms with van der Waals surface area (Å²) < 4.78 is 5.56. The molecule has 1 aliphatic rings. The molecule has 0 bridgehead atoms. The molecule has 1 unspecified atom stereocenters. The largest absolute Gasteiger partial charge is 0.480 e. The summed E-state index contributed by atoms with van der Waals surface area (Å²) in [4.78, 5) is 37.1. The molecule has 3 rings (SSSR count). The third-order valence-electron chi connectivity index (χ3n) is 7.06. The number of hydrogen-bond acceptors (Lipinski definition) is 4. The van der Waals surface area contributed by atoms with Crippen molar-refractivity contribution in [3.05, 3.63) is 59.7 Å². The fourth-order valence-electron chi connectivity index (χ4n) is 4.28. The number of ether oxygens (including phenoxy) is 1. The van der Waals surface area contributed by atoms with Gasteiger partial charge in [-0.3, -0.25) is 4.79 Å². The van der Waals surface area contributed by atoms with E-state index in [-0.39, 0.29) is 25.0 Å². The fraction of sp³-hybridized carbons (Fsp3) is 0.444. The van der Waals surface area contributed by atoms with Crippen LogP contribution in [0.3, 0.4) is 0 Å². The van der Waals surface area contributed by atoms with Gasteiger partial charge in [0.15, 0.2) is 0 Å². The molecule has 2 aromatic carbocycles. The van der Waals surface area contributed by atoms with Gasteiger partial charge in [-0.05, 0) is 41.5 Å². The van der Waals surface area contributed by atoms with Crippen molar-refractivity contribution in [2.45, 2.75) is 52.5 Å². The Bertz CT molecular complexity index is 1010. The van der Waals surface area contributed by atoms with E-state index < -0.39 is 29.4 Å². The van der Waals surface area contributed by atoms with E-state index in [0.717, 1.165) is 22.3 Å². The zero-order valence-corrected chi connectivity index (χ0v) is 20.3. The molecule has 0 aromatic heterocycles. The molecule has 0 fully saturated rings. The Labute approximate surface area is 200 Å². The molecule has 0 radical (unpaired) electrons. The van der Waals surface area contributed by atoms with Crippen molar-refractivity contribution >= 4 is 18.0 Å². The van der Waals surface area contributed by atoms with Gasteiger partial charge in [0.05, 0.1) is 5.41 Å². The Kier molecular flexibility index (Phi) is 7.97. The van der Waals surface area contributed by atoms with Gasteiger partial charge in [0.1, 0.15) is 12.6 Å². The van der Waals surface area contributed by atoms with Crippen LogP contribution in [0.1, 0.15) is 57.6 Å². The quantitative estimate of drug-likeness (QED) is 0.476.